The summed E-state index contributed by atoms with van der Waals surface area (Å²) in [4.78, 5) is 0.0599. The van der Waals surface area contributed by atoms with E-state index < -0.39 is 15.8 Å². The van der Waals surface area contributed by atoms with Gasteiger partial charge in [-0.05, 0) is 26.0 Å². The van der Waals surface area contributed by atoms with Crippen molar-refractivity contribution in [1.82, 2.24) is 10.2 Å². The van der Waals surface area contributed by atoms with Gasteiger partial charge in [0, 0.05) is 12.1 Å². The van der Waals surface area contributed by atoms with Gasteiger partial charge in [-0.3, -0.25) is 9.82 Å². The molecule has 4 N–H and O–H groups in total. The topological polar surface area (TPSA) is 101 Å². The van der Waals surface area contributed by atoms with Gasteiger partial charge in [-0.2, -0.15) is 5.10 Å². The summed E-state index contributed by atoms with van der Waals surface area (Å²) in [5, 5.41) is 6.44. The molecule has 20 heavy (non-hydrogen) atoms. The van der Waals surface area contributed by atoms with Crippen molar-refractivity contribution in [3.63, 3.8) is 0 Å². The largest absolute Gasteiger partial charge is 0.326 e. The number of aryl methyl sites for hydroxylation is 2. The fraction of sp³-hybridized carbons (Fsp3) is 0.250. The lowest BCUT2D eigenvalue weighted by Gasteiger charge is -2.12. The van der Waals surface area contributed by atoms with Crippen LogP contribution < -0.4 is 10.5 Å². The Kier molecular flexibility index (Phi) is 3.78. The standard InChI is InChI=1S/C12H15FN4O2S/c1-7-12(8(2)16-15-7)20(18,19)17-11-5-3-4-10(13)9(11)6-14/h3-5,17H,6,14H2,1-2H3,(H,15,16). The third kappa shape index (κ3) is 2.52. The van der Waals surface area contributed by atoms with Gasteiger partial charge in [0.1, 0.15) is 10.7 Å². The predicted octanol–water partition coefficient (Wildman–Crippen LogP) is 1.43. The van der Waals surface area contributed by atoms with Crippen LogP contribution in [-0.4, -0.2) is 18.6 Å². The number of aromatic nitrogens is 2. The number of nitrogens with zero attached hydrogens (tertiary/aromatic N) is 1. The Morgan fingerprint density at radius 2 is 2.10 bits per heavy atom. The molecule has 6 nitrogen and oxygen atoms in total. The number of nitrogens with two attached hydrogens (primary N) is 1. The van der Waals surface area contributed by atoms with Gasteiger partial charge in [-0.25, -0.2) is 12.8 Å². The van der Waals surface area contributed by atoms with E-state index >= 15 is 0 Å². The maximum atomic E-state index is 13.6. The predicted molar refractivity (Wildman–Crippen MR) is 73.2 cm³/mol. The third-order valence-electron chi connectivity index (χ3n) is 2.90. The van der Waals surface area contributed by atoms with Crippen LogP contribution in [0.3, 0.4) is 0 Å². The molecule has 1 aromatic heterocycles. The quantitative estimate of drug-likeness (QED) is 0.794. The normalized spacial score (nSPS) is 11.6. The van der Waals surface area contributed by atoms with E-state index in [0.717, 1.165) is 0 Å². The number of sulfonamides is 1. The van der Waals surface area contributed by atoms with Crippen molar-refractivity contribution >= 4 is 15.7 Å². The molecule has 0 bridgehead atoms. The van der Waals surface area contributed by atoms with Gasteiger partial charge < -0.3 is 5.73 Å². The van der Waals surface area contributed by atoms with Crippen LogP contribution in [0.4, 0.5) is 10.1 Å². The Labute approximate surface area is 116 Å². The second kappa shape index (κ2) is 5.22. The lowest BCUT2D eigenvalue weighted by atomic mass is 10.2. The van der Waals surface area contributed by atoms with Crippen molar-refractivity contribution < 1.29 is 12.8 Å². The van der Waals surface area contributed by atoms with Gasteiger partial charge in [-0.15, -0.1) is 0 Å². The summed E-state index contributed by atoms with van der Waals surface area (Å²) < 4.78 is 40.6. The molecule has 0 aliphatic carbocycles. The number of rotatable bonds is 4. The average molecular weight is 298 g/mol. The van der Waals surface area contributed by atoms with Crippen molar-refractivity contribution in [2.75, 3.05) is 4.72 Å². The highest BCUT2D eigenvalue weighted by Crippen LogP contribution is 2.24. The number of aromatic amines is 1. The van der Waals surface area contributed by atoms with Gasteiger partial charge in [0.05, 0.1) is 17.1 Å². The molecule has 8 heteroatoms. The molecule has 0 fully saturated rings. The molecule has 0 amide bonds. The molecule has 0 aliphatic rings. The molecule has 0 spiro atoms. The molecular weight excluding hydrogens is 283 g/mol. The Hall–Kier alpha value is -1.93. The Bertz CT molecular complexity index is 720. The van der Waals surface area contributed by atoms with E-state index in [1.807, 2.05) is 0 Å². The summed E-state index contributed by atoms with van der Waals surface area (Å²) in [5.74, 6) is -0.548. The van der Waals surface area contributed by atoms with E-state index in [9.17, 15) is 12.8 Å². The van der Waals surface area contributed by atoms with Crippen LogP contribution >= 0.6 is 0 Å². The summed E-state index contributed by atoms with van der Waals surface area (Å²) in [6.45, 7) is 3.07. The summed E-state index contributed by atoms with van der Waals surface area (Å²) in [5.41, 5.74) is 6.47. The minimum absolute atomic E-state index is 0.0599. The molecule has 0 unspecified atom stereocenters. The highest BCUT2D eigenvalue weighted by Gasteiger charge is 2.23. The van der Waals surface area contributed by atoms with Crippen LogP contribution in [0.1, 0.15) is 17.0 Å². The highest BCUT2D eigenvalue weighted by molar-refractivity contribution is 7.92. The maximum Gasteiger partial charge on any atom is 0.265 e. The third-order valence-corrected chi connectivity index (χ3v) is 4.52. The van der Waals surface area contributed by atoms with Crippen molar-refractivity contribution in [3.8, 4) is 0 Å². The van der Waals surface area contributed by atoms with E-state index in [1.54, 1.807) is 13.8 Å². The van der Waals surface area contributed by atoms with Gasteiger partial charge in [0.15, 0.2) is 0 Å². The molecule has 0 saturated carbocycles. The van der Waals surface area contributed by atoms with E-state index in [4.69, 9.17) is 5.73 Å². The summed E-state index contributed by atoms with van der Waals surface area (Å²) in [6, 6.07) is 4.11. The zero-order valence-corrected chi connectivity index (χ0v) is 11.9. The Balaban J connectivity index is 2.47. The van der Waals surface area contributed by atoms with E-state index in [2.05, 4.69) is 14.9 Å². The summed E-state index contributed by atoms with van der Waals surface area (Å²) in [7, 11) is -3.85. The van der Waals surface area contributed by atoms with Crippen LogP contribution in [0.5, 0.6) is 0 Å². The van der Waals surface area contributed by atoms with E-state index in [0.29, 0.717) is 11.4 Å². The molecule has 0 aliphatic heterocycles. The first-order chi connectivity index (χ1) is 9.36. The molecule has 0 radical (unpaired) electrons. The lowest BCUT2D eigenvalue weighted by molar-refractivity contribution is 0.599. The number of halogens is 1. The van der Waals surface area contributed by atoms with E-state index in [1.165, 1.54) is 18.2 Å². The molecule has 2 rings (SSSR count). The first kappa shape index (κ1) is 14.5. The second-order valence-corrected chi connectivity index (χ2v) is 5.96. The van der Waals surface area contributed by atoms with Crippen molar-refractivity contribution in [3.05, 3.63) is 41.0 Å². The monoisotopic (exact) mass is 298 g/mol. The van der Waals surface area contributed by atoms with Crippen LogP contribution in [0.25, 0.3) is 0 Å². The number of hydrogen-bond acceptors (Lipinski definition) is 4. The zero-order valence-electron chi connectivity index (χ0n) is 11.1. The fourth-order valence-corrected chi connectivity index (χ4v) is 3.46. The maximum absolute atomic E-state index is 13.6. The number of H-pyrrole nitrogens is 1. The van der Waals surface area contributed by atoms with Crippen LogP contribution in [-0.2, 0) is 16.6 Å². The smallest absolute Gasteiger partial charge is 0.265 e. The Morgan fingerprint density at radius 1 is 1.40 bits per heavy atom. The van der Waals surface area contributed by atoms with E-state index in [-0.39, 0.29) is 22.7 Å². The van der Waals surface area contributed by atoms with Crippen LogP contribution in [0.15, 0.2) is 23.1 Å². The SMILES string of the molecule is Cc1n[nH]c(C)c1S(=O)(=O)Nc1cccc(F)c1CN. The van der Waals surface area contributed by atoms with Crippen LogP contribution in [0.2, 0.25) is 0 Å². The van der Waals surface area contributed by atoms with Crippen LogP contribution in [0, 0.1) is 19.7 Å². The Morgan fingerprint density at radius 3 is 2.65 bits per heavy atom. The minimum atomic E-state index is -3.85. The first-order valence-corrected chi connectivity index (χ1v) is 7.37. The highest BCUT2D eigenvalue weighted by atomic mass is 32.2. The molecule has 0 atom stereocenters. The zero-order chi connectivity index (χ0) is 14.9. The van der Waals surface area contributed by atoms with Crippen molar-refractivity contribution in [1.29, 1.82) is 0 Å². The van der Waals surface area contributed by atoms with Crippen molar-refractivity contribution in [2.24, 2.45) is 5.73 Å². The van der Waals surface area contributed by atoms with Gasteiger partial charge in [0.2, 0.25) is 0 Å². The molecule has 1 aromatic carbocycles. The number of anilines is 1. The van der Waals surface area contributed by atoms with Crippen molar-refractivity contribution in [2.45, 2.75) is 25.3 Å². The van der Waals surface area contributed by atoms with Gasteiger partial charge in [-0.1, -0.05) is 6.07 Å². The summed E-state index contributed by atoms with van der Waals surface area (Å²) in [6.07, 6.45) is 0. The summed E-state index contributed by atoms with van der Waals surface area (Å²) >= 11 is 0. The second-order valence-electron chi connectivity index (χ2n) is 4.34. The molecule has 2 aromatic rings. The molecule has 108 valence electrons. The number of hydrogen-bond donors (Lipinski definition) is 3. The number of benzene rings is 1. The van der Waals surface area contributed by atoms with Gasteiger partial charge in [0.25, 0.3) is 10.0 Å². The minimum Gasteiger partial charge on any atom is -0.326 e. The average Bonchev–Trinajstić information content (AvgIpc) is 2.69. The molecular formula is C12H15FN4O2S. The molecule has 0 saturated heterocycles. The van der Waals surface area contributed by atoms with Gasteiger partial charge >= 0.3 is 0 Å². The lowest BCUT2D eigenvalue weighted by Crippen LogP contribution is -2.17. The fourth-order valence-electron chi connectivity index (χ4n) is 1.99. The first-order valence-electron chi connectivity index (χ1n) is 5.88. The molecule has 1 heterocycles. The number of nitrogens with one attached hydrogen (secondary N) is 2.